The van der Waals surface area contributed by atoms with Crippen LogP contribution in [0.1, 0.15) is 0 Å². The second kappa shape index (κ2) is 4.62. The molecule has 0 N–H and O–H groups in total. The summed E-state index contributed by atoms with van der Waals surface area (Å²) in [5.41, 5.74) is 0. The molecule has 0 aliphatic rings. The molecule has 0 atom stereocenters. The molecule has 0 saturated carbocycles. The predicted octanol–water partition coefficient (Wildman–Crippen LogP) is 1.18. The van der Waals surface area contributed by atoms with E-state index in [0.717, 1.165) is 0 Å². The molecule has 4 heteroatoms. The minimum Gasteiger partial charge on any atom is -0.485 e. The number of rotatable bonds is 4. The molecule has 0 heterocycles. The Bertz CT molecular complexity index is 285. The molecule has 0 bridgehead atoms. The Kier molecular flexibility index (Phi) is 3.42. The van der Waals surface area contributed by atoms with Gasteiger partial charge in [0.1, 0.15) is 12.4 Å². The zero-order valence-corrected chi connectivity index (χ0v) is 7.16. The van der Waals surface area contributed by atoms with Crippen LogP contribution in [0.5, 0.6) is 5.75 Å². The van der Waals surface area contributed by atoms with Crippen molar-refractivity contribution in [1.82, 2.24) is 0 Å². The van der Waals surface area contributed by atoms with Crippen molar-refractivity contribution in [2.75, 3.05) is 6.61 Å². The largest absolute Gasteiger partial charge is 0.485 e. The maximum Gasteiger partial charge on any atom is 0.196 e. The van der Waals surface area contributed by atoms with Crippen molar-refractivity contribution >= 4 is 20.1 Å². The third-order valence-corrected chi connectivity index (χ3v) is 1.84. The second-order valence-electron chi connectivity index (χ2n) is 2.04. The van der Waals surface area contributed by atoms with Gasteiger partial charge >= 0.3 is 0 Å². The van der Waals surface area contributed by atoms with E-state index in [9.17, 15) is 9.36 Å². The Balaban J connectivity index is 2.81. The lowest BCUT2D eigenvalue weighted by molar-refractivity contribution is -0.109. The van der Waals surface area contributed by atoms with Crippen LogP contribution >= 0.6 is 8.46 Å². The van der Waals surface area contributed by atoms with Crippen LogP contribution in [0.3, 0.4) is 0 Å². The van der Waals surface area contributed by atoms with Gasteiger partial charge in [0.15, 0.2) is 14.7 Å². The van der Waals surface area contributed by atoms with Gasteiger partial charge in [-0.2, -0.15) is 0 Å². The van der Waals surface area contributed by atoms with Crippen molar-refractivity contribution in [3.05, 3.63) is 24.3 Å². The minimum absolute atomic E-state index is 0.00741. The van der Waals surface area contributed by atoms with Crippen molar-refractivity contribution in [3.63, 3.8) is 0 Å². The highest BCUT2D eigenvalue weighted by molar-refractivity contribution is 7.34. The van der Waals surface area contributed by atoms with Crippen LogP contribution in [0, 0.1) is 0 Å². The van der Waals surface area contributed by atoms with Gasteiger partial charge in [-0.1, -0.05) is 12.1 Å². The summed E-state index contributed by atoms with van der Waals surface area (Å²) in [5.74, 6) is 0.487. The van der Waals surface area contributed by atoms with E-state index in [1.165, 1.54) is 0 Å². The molecule has 0 aliphatic heterocycles. The van der Waals surface area contributed by atoms with Gasteiger partial charge in [0.25, 0.3) is 0 Å². The van der Waals surface area contributed by atoms with Crippen molar-refractivity contribution < 1.29 is 14.1 Å². The minimum atomic E-state index is -0.0979. The summed E-state index contributed by atoms with van der Waals surface area (Å²) < 4.78 is 15.5. The lowest BCUT2D eigenvalue weighted by atomic mass is 10.3. The van der Waals surface area contributed by atoms with E-state index in [2.05, 4.69) is 0 Å². The topological polar surface area (TPSA) is 43.4 Å². The molecular formula is C8H7O3P. The molecule has 0 aromatic heterocycles. The molecule has 0 aliphatic carbocycles. The number of aldehydes is 1. The van der Waals surface area contributed by atoms with Crippen LogP contribution in [-0.4, -0.2) is 12.9 Å². The Morgan fingerprint density at radius 1 is 1.42 bits per heavy atom. The number of para-hydroxylation sites is 1. The number of carbonyl (C=O) groups is 1. The molecule has 1 rings (SSSR count). The summed E-state index contributed by atoms with van der Waals surface area (Å²) >= 11 is 0. The molecule has 3 nitrogen and oxygen atoms in total. The van der Waals surface area contributed by atoms with Crippen LogP contribution in [0.25, 0.3) is 0 Å². The Labute approximate surface area is 71.6 Å². The Morgan fingerprint density at radius 2 is 2.17 bits per heavy atom. The van der Waals surface area contributed by atoms with Gasteiger partial charge in [-0.25, -0.2) is 0 Å². The Hall–Kier alpha value is -1.21. The summed E-state index contributed by atoms with van der Waals surface area (Å²) in [6.45, 7) is -0.00741. The first kappa shape index (κ1) is 8.88. The van der Waals surface area contributed by atoms with E-state index < -0.39 is 0 Å². The third kappa shape index (κ3) is 2.14. The van der Waals surface area contributed by atoms with Gasteiger partial charge < -0.3 is 4.74 Å². The summed E-state index contributed by atoms with van der Waals surface area (Å²) in [6, 6.07) is 6.86. The SMILES string of the molecule is O=CCOc1ccccc1P=O. The fraction of sp³-hybridized carbons (Fsp3) is 0.125. The van der Waals surface area contributed by atoms with Gasteiger partial charge in [-0.05, 0) is 12.1 Å². The molecule has 0 spiro atoms. The first-order chi connectivity index (χ1) is 5.88. The van der Waals surface area contributed by atoms with E-state index >= 15 is 0 Å². The van der Waals surface area contributed by atoms with Gasteiger partial charge in [0, 0.05) is 0 Å². The van der Waals surface area contributed by atoms with Gasteiger partial charge in [0.05, 0.1) is 5.30 Å². The zero-order chi connectivity index (χ0) is 8.81. The van der Waals surface area contributed by atoms with E-state index in [1.54, 1.807) is 24.3 Å². The number of carbonyl (C=O) groups excluding carboxylic acids is 1. The number of benzene rings is 1. The molecule has 12 heavy (non-hydrogen) atoms. The average Bonchev–Trinajstić information content (AvgIpc) is 2.15. The molecule has 1 aromatic rings. The first-order valence-electron chi connectivity index (χ1n) is 3.37. The van der Waals surface area contributed by atoms with E-state index in [1.807, 2.05) is 0 Å². The van der Waals surface area contributed by atoms with E-state index in [4.69, 9.17) is 4.74 Å². The highest BCUT2D eigenvalue weighted by Crippen LogP contribution is 2.11. The summed E-state index contributed by atoms with van der Waals surface area (Å²) in [4.78, 5) is 9.97. The van der Waals surface area contributed by atoms with Crippen molar-refractivity contribution in [2.45, 2.75) is 0 Å². The van der Waals surface area contributed by atoms with Gasteiger partial charge in [-0.3, -0.25) is 9.36 Å². The summed E-state index contributed by atoms with van der Waals surface area (Å²) in [6.07, 6.45) is 0.651. The Morgan fingerprint density at radius 3 is 2.83 bits per heavy atom. The molecule has 0 radical (unpaired) electrons. The second-order valence-corrected chi connectivity index (χ2v) is 2.70. The van der Waals surface area contributed by atoms with Crippen LogP contribution in [0.2, 0.25) is 0 Å². The highest BCUT2D eigenvalue weighted by atomic mass is 31.1. The predicted molar refractivity (Wildman–Crippen MR) is 45.2 cm³/mol. The smallest absolute Gasteiger partial charge is 0.196 e. The lowest BCUT2D eigenvalue weighted by Crippen LogP contribution is -2.04. The molecule has 0 saturated heterocycles. The normalized spacial score (nSPS) is 9.67. The number of hydrogen-bond donors (Lipinski definition) is 0. The quantitative estimate of drug-likeness (QED) is 0.518. The van der Waals surface area contributed by atoms with E-state index in [0.29, 0.717) is 17.3 Å². The summed E-state index contributed by atoms with van der Waals surface area (Å²) in [7, 11) is -0.0979. The molecule has 0 unspecified atom stereocenters. The molecule has 62 valence electrons. The molecular weight excluding hydrogens is 175 g/mol. The summed E-state index contributed by atoms with van der Waals surface area (Å²) in [5, 5.41) is 0.555. The third-order valence-electron chi connectivity index (χ3n) is 1.27. The highest BCUT2D eigenvalue weighted by Gasteiger charge is 2.00. The van der Waals surface area contributed by atoms with Crippen LogP contribution in [-0.2, 0) is 9.36 Å². The fourth-order valence-electron chi connectivity index (χ4n) is 0.778. The monoisotopic (exact) mass is 182 g/mol. The molecule has 1 aromatic carbocycles. The standard InChI is InChI=1S/C8H7O3P/c9-5-6-11-7-3-1-2-4-8(7)12-10/h1-5H,6H2. The van der Waals surface area contributed by atoms with E-state index in [-0.39, 0.29) is 15.1 Å². The molecule has 0 fully saturated rings. The maximum absolute atomic E-state index is 10.5. The molecule has 0 amide bonds. The van der Waals surface area contributed by atoms with Crippen molar-refractivity contribution in [3.8, 4) is 5.75 Å². The van der Waals surface area contributed by atoms with Gasteiger partial charge in [-0.15, -0.1) is 0 Å². The number of ether oxygens (including phenoxy) is 1. The van der Waals surface area contributed by atoms with Crippen molar-refractivity contribution in [1.29, 1.82) is 0 Å². The average molecular weight is 182 g/mol. The van der Waals surface area contributed by atoms with Crippen molar-refractivity contribution in [2.24, 2.45) is 0 Å². The lowest BCUT2D eigenvalue weighted by Gasteiger charge is -2.02. The maximum atomic E-state index is 10.5. The fourth-order valence-corrected chi connectivity index (χ4v) is 1.15. The first-order valence-corrected chi connectivity index (χ1v) is 4.18. The van der Waals surface area contributed by atoms with Crippen LogP contribution < -0.4 is 10.0 Å². The number of hydrogen-bond acceptors (Lipinski definition) is 3. The van der Waals surface area contributed by atoms with Gasteiger partial charge in [0.2, 0.25) is 0 Å². The van der Waals surface area contributed by atoms with Crippen LogP contribution in [0.15, 0.2) is 24.3 Å². The van der Waals surface area contributed by atoms with Crippen LogP contribution in [0.4, 0.5) is 0 Å². The zero-order valence-electron chi connectivity index (χ0n) is 6.27.